The molecule has 0 aliphatic rings. The van der Waals surface area contributed by atoms with Gasteiger partial charge in [-0.3, -0.25) is 4.98 Å². The van der Waals surface area contributed by atoms with Gasteiger partial charge >= 0.3 is 0 Å². The molecule has 8 nitrogen and oxygen atoms in total. The molecule has 1 atom stereocenters. The smallest absolute Gasteiger partial charge is 0.174 e. The number of hydrogen-bond acceptors (Lipinski definition) is 6. The lowest BCUT2D eigenvalue weighted by molar-refractivity contribution is 0.773. The fourth-order valence-electron chi connectivity index (χ4n) is 2.87. The Morgan fingerprint density at radius 1 is 1.07 bits per heavy atom. The van der Waals surface area contributed by atoms with Crippen LogP contribution in [0.25, 0.3) is 11.5 Å². The largest absolute Gasteiger partial charge is 0.360 e. The van der Waals surface area contributed by atoms with Crippen LogP contribution in [0.3, 0.4) is 0 Å². The van der Waals surface area contributed by atoms with Gasteiger partial charge in [-0.2, -0.15) is 5.10 Å². The van der Waals surface area contributed by atoms with Crippen LogP contribution in [0, 0.1) is 13.8 Å². The minimum absolute atomic E-state index is 0.0764. The molecule has 1 N–H and O–H groups in total. The third-order valence-corrected chi connectivity index (χ3v) is 4.19. The molecule has 1 aromatic carbocycles. The second-order valence-corrected chi connectivity index (χ2v) is 6.39. The summed E-state index contributed by atoms with van der Waals surface area (Å²) in [5.74, 6) is 1.33. The third kappa shape index (κ3) is 3.55. The Balaban J connectivity index is 1.53. The molecule has 8 heteroatoms. The van der Waals surface area contributed by atoms with E-state index in [1.54, 1.807) is 21.8 Å². The molecule has 0 saturated carbocycles. The number of nitrogens with zero attached hydrogens (tertiary/aromatic N) is 7. The molecule has 27 heavy (non-hydrogen) atoms. The molecule has 0 aliphatic heterocycles. The summed E-state index contributed by atoms with van der Waals surface area (Å²) in [6, 6.07) is 11.8. The summed E-state index contributed by atoms with van der Waals surface area (Å²) in [6.07, 6.45) is 5.29. The molecule has 0 saturated heterocycles. The van der Waals surface area contributed by atoms with Gasteiger partial charge in [0.25, 0.3) is 0 Å². The Hall–Kier alpha value is -3.55. The van der Waals surface area contributed by atoms with Crippen LogP contribution in [0.15, 0.2) is 55.0 Å². The van der Waals surface area contributed by atoms with Gasteiger partial charge in [0.15, 0.2) is 5.82 Å². The zero-order chi connectivity index (χ0) is 18.8. The Morgan fingerprint density at radius 2 is 1.89 bits per heavy atom. The van der Waals surface area contributed by atoms with Gasteiger partial charge in [-0.15, -0.1) is 5.10 Å². The maximum Gasteiger partial charge on any atom is 0.174 e. The van der Waals surface area contributed by atoms with E-state index in [4.69, 9.17) is 0 Å². The summed E-state index contributed by atoms with van der Waals surface area (Å²) in [7, 11) is 0. The van der Waals surface area contributed by atoms with E-state index in [-0.39, 0.29) is 6.04 Å². The van der Waals surface area contributed by atoms with Crippen LogP contribution in [-0.4, -0.2) is 34.7 Å². The number of anilines is 1. The predicted octanol–water partition coefficient (Wildman–Crippen LogP) is 3.03. The number of benzene rings is 1. The molecular weight excluding hydrogens is 340 g/mol. The molecule has 0 radical (unpaired) electrons. The highest BCUT2D eigenvalue weighted by molar-refractivity contribution is 5.39. The first-order chi connectivity index (χ1) is 13.1. The standard InChI is InChI=1S/C19H20N8/c1-13-9-14(2)27(24-13)19-11-20-10-18(22-19)21-15(3)17-12-26(25-23-17)16-7-5-4-6-8-16/h4-12,15H,1-3H3,(H,21,22). The predicted molar refractivity (Wildman–Crippen MR) is 102 cm³/mol. The zero-order valence-corrected chi connectivity index (χ0v) is 15.4. The summed E-state index contributed by atoms with van der Waals surface area (Å²) < 4.78 is 3.54. The van der Waals surface area contributed by atoms with E-state index in [1.807, 2.05) is 63.4 Å². The first-order valence-corrected chi connectivity index (χ1v) is 8.70. The van der Waals surface area contributed by atoms with Crippen molar-refractivity contribution in [3.8, 4) is 11.5 Å². The van der Waals surface area contributed by atoms with Crippen LogP contribution in [0.2, 0.25) is 0 Å². The van der Waals surface area contributed by atoms with Crippen molar-refractivity contribution in [3.63, 3.8) is 0 Å². The van der Waals surface area contributed by atoms with Crippen LogP contribution < -0.4 is 5.32 Å². The number of nitrogens with one attached hydrogen (secondary N) is 1. The monoisotopic (exact) mass is 360 g/mol. The Kier molecular flexibility index (Phi) is 4.37. The van der Waals surface area contributed by atoms with Gasteiger partial charge in [-0.05, 0) is 39.0 Å². The zero-order valence-electron chi connectivity index (χ0n) is 15.4. The number of aromatic nitrogens is 7. The van der Waals surface area contributed by atoms with Crippen LogP contribution in [0.4, 0.5) is 5.82 Å². The fraction of sp³-hybridized carbons (Fsp3) is 0.211. The molecule has 136 valence electrons. The Bertz CT molecular complexity index is 1050. The molecule has 0 bridgehead atoms. The topological polar surface area (TPSA) is 86.3 Å². The van der Waals surface area contributed by atoms with Gasteiger partial charge in [0.05, 0.1) is 36.0 Å². The maximum atomic E-state index is 4.62. The van der Waals surface area contributed by atoms with Gasteiger partial charge < -0.3 is 5.32 Å². The highest BCUT2D eigenvalue weighted by Gasteiger charge is 2.13. The highest BCUT2D eigenvalue weighted by atomic mass is 15.4. The number of para-hydroxylation sites is 1. The lowest BCUT2D eigenvalue weighted by atomic mass is 10.2. The van der Waals surface area contributed by atoms with Crippen LogP contribution in [0.1, 0.15) is 30.0 Å². The van der Waals surface area contributed by atoms with E-state index < -0.39 is 0 Å². The molecular formula is C19H20N8. The second-order valence-electron chi connectivity index (χ2n) is 6.39. The fourth-order valence-corrected chi connectivity index (χ4v) is 2.87. The molecule has 0 amide bonds. The van der Waals surface area contributed by atoms with Crippen molar-refractivity contribution in [1.82, 2.24) is 34.7 Å². The molecule has 4 rings (SSSR count). The van der Waals surface area contributed by atoms with Crippen molar-refractivity contribution in [2.24, 2.45) is 0 Å². The number of rotatable bonds is 5. The van der Waals surface area contributed by atoms with Crippen molar-refractivity contribution in [1.29, 1.82) is 0 Å². The van der Waals surface area contributed by atoms with Crippen molar-refractivity contribution in [2.45, 2.75) is 26.8 Å². The molecule has 0 aliphatic carbocycles. The van der Waals surface area contributed by atoms with Crippen molar-refractivity contribution in [3.05, 3.63) is 72.1 Å². The normalized spacial score (nSPS) is 12.1. The van der Waals surface area contributed by atoms with Gasteiger partial charge in [0, 0.05) is 5.69 Å². The molecule has 0 fully saturated rings. The van der Waals surface area contributed by atoms with Gasteiger partial charge in [0.2, 0.25) is 0 Å². The summed E-state index contributed by atoms with van der Waals surface area (Å²) in [5, 5.41) is 16.3. The quantitative estimate of drug-likeness (QED) is 0.589. The van der Waals surface area contributed by atoms with E-state index in [1.165, 1.54) is 0 Å². The molecule has 4 aromatic rings. The van der Waals surface area contributed by atoms with Gasteiger partial charge in [-0.1, -0.05) is 23.4 Å². The van der Waals surface area contributed by atoms with E-state index in [0.29, 0.717) is 11.6 Å². The van der Waals surface area contributed by atoms with Gasteiger partial charge in [-0.25, -0.2) is 14.3 Å². The van der Waals surface area contributed by atoms with E-state index in [2.05, 4.69) is 30.7 Å². The van der Waals surface area contributed by atoms with Crippen LogP contribution >= 0.6 is 0 Å². The van der Waals surface area contributed by atoms with E-state index in [0.717, 1.165) is 22.8 Å². The Labute approximate surface area is 156 Å². The van der Waals surface area contributed by atoms with Crippen molar-refractivity contribution >= 4 is 5.82 Å². The van der Waals surface area contributed by atoms with Gasteiger partial charge in [0.1, 0.15) is 11.5 Å². The van der Waals surface area contributed by atoms with Crippen molar-refractivity contribution in [2.75, 3.05) is 5.32 Å². The first kappa shape index (κ1) is 16.9. The molecule has 3 aromatic heterocycles. The SMILES string of the molecule is Cc1cc(C)n(-c2cncc(NC(C)c3cn(-c4ccccc4)nn3)n2)n1. The summed E-state index contributed by atoms with van der Waals surface area (Å²) in [6.45, 7) is 5.96. The van der Waals surface area contributed by atoms with E-state index in [9.17, 15) is 0 Å². The minimum Gasteiger partial charge on any atom is -0.360 e. The average molecular weight is 360 g/mol. The van der Waals surface area contributed by atoms with E-state index >= 15 is 0 Å². The highest BCUT2D eigenvalue weighted by Crippen LogP contribution is 2.18. The van der Waals surface area contributed by atoms with Crippen LogP contribution in [0.5, 0.6) is 0 Å². The average Bonchev–Trinajstić information content (AvgIpc) is 3.29. The summed E-state index contributed by atoms with van der Waals surface area (Å²) >= 11 is 0. The summed E-state index contributed by atoms with van der Waals surface area (Å²) in [4.78, 5) is 8.90. The molecule has 0 spiro atoms. The summed E-state index contributed by atoms with van der Waals surface area (Å²) in [5.41, 5.74) is 3.74. The van der Waals surface area contributed by atoms with Crippen molar-refractivity contribution < 1.29 is 0 Å². The second kappa shape index (κ2) is 6.99. The maximum absolute atomic E-state index is 4.62. The third-order valence-electron chi connectivity index (χ3n) is 4.19. The molecule has 3 heterocycles. The lowest BCUT2D eigenvalue weighted by Crippen LogP contribution is -2.11. The number of hydrogen-bond donors (Lipinski definition) is 1. The minimum atomic E-state index is -0.0764. The Morgan fingerprint density at radius 3 is 2.63 bits per heavy atom. The lowest BCUT2D eigenvalue weighted by Gasteiger charge is -2.12. The molecule has 1 unspecified atom stereocenters. The first-order valence-electron chi connectivity index (χ1n) is 8.70. The van der Waals surface area contributed by atoms with Crippen LogP contribution in [-0.2, 0) is 0 Å². The number of aryl methyl sites for hydroxylation is 2.